The van der Waals surface area contributed by atoms with Gasteiger partial charge in [0, 0.05) is 5.02 Å². The van der Waals surface area contributed by atoms with Gasteiger partial charge in [0.25, 0.3) is 5.91 Å². The van der Waals surface area contributed by atoms with Crippen LogP contribution >= 0.6 is 35.6 Å². The van der Waals surface area contributed by atoms with E-state index in [1.54, 1.807) is 30.3 Å². The predicted molar refractivity (Wildman–Crippen MR) is 90.2 cm³/mol. The number of rotatable bonds is 5. The van der Waals surface area contributed by atoms with Crippen molar-refractivity contribution in [3.05, 3.63) is 39.8 Å². The second-order valence-corrected chi connectivity index (χ2v) is 6.78. The third-order valence-electron chi connectivity index (χ3n) is 3.16. The maximum absolute atomic E-state index is 12.5. The molecule has 0 spiro atoms. The summed E-state index contributed by atoms with van der Waals surface area (Å²) >= 11 is 12.3. The molecule has 1 aliphatic rings. The lowest BCUT2D eigenvalue weighted by molar-refractivity contribution is -0.310. The molecule has 1 heterocycles. The minimum atomic E-state index is -1.29. The Bertz CT molecular complexity index is 660. The van der Waals surface area contributed by atoms with E-state index < -0.39 is 17.9 Å². The lowest BCUT2D eigenvalue weighted by Crippen LogP contribution is -2.49. The van der Waals surface area contributed by atoms with Gasteiger partial charge in [0.05, 0.1) is 16.9 Å². The molecule has 7 heteroatoms. The zero-order valence-electron chi connectivity index (χ0n) is 11.7. The highest BCUT2D eigenvalue weighted by Gasteiger charge is 2.37. The third kappa shape index (κ3) is 3.51. The van der Waals surface area contributed by atoms with Crippen LogP contribution in [0, 0.1) is 0 Å². The van der Waals surface area contributed by atoms with Crippen molar-refractivity contribution in [2.45, 2.75) is 25.8 Å². The van der Waals surface area contributed by atoms with E-state index in [-0.39, 0.29) is 4.32 Å². The van der Waals surface area contributed by atoms with Crippen molar-refractivity contribution in [2.75, 3.05) is 0 Å². The maximum Gasteiger partial charge on any atom is 0.266 e. The molecule has 0 bridgehead atoms. The molecular formula is C15H13ClNO3S2-. The molecule has 0 saturated carbocycles. The van der Waals surface area contributed by atoms with E-state index in [2.05, 4.69) is 0 Å². The number of carbonyl (C=O) groups excluding carboxylic acids is 2. The predicted octanol–water partition coefficient (Wildman–Crippen LogP) is 2.46. The topological polar surface area (TPSA) is 60.4 Å². The molecule has 0 N–H and O–H groups in total. The molecule has 0 unspecified atom stereocenters. The van der Waals surface area contributed by atoms with Crippen LogP contribution in [0.1, 0.15) is 25.3 Å². The van der Waals surface area contributed by atoms with Gasteiger partial charge in [0.15, 0.2) is 0 Å². The first-order valence-electron chi connectivity index (χ1n) is 6.68. The molecule has 1 aliphatic heterocycles. The summed E-state index contributed by atoms with van der Waals surface area (Å²) in [6.07, 6.45) is 2.54. The van der Waals surface area contributed by atoms with Gasteiger partial charge in [-0.05, 0) is 24.1 Å². The molecule has 1 amide bonds. The van der Waals surface area contributed by atoms with E-state index in [0.29, 0.717) is 28.3 Å². The lowest BCUT2D eigenvalue weighted by Gasteiger charge is -2.27. The van der Waals surface area contributed by atoms with E-state index in [4.69, 9.17) is 23.8 Å². The number of thiocarbonyl (C=S) groups is 1. The summed E-state index contributed by atoms with van der Waals surface area (Å²) in [5.74, 6) is -1.71. The Morgan fingerprint density at radius 3 is 2.77 bits per heavy atom. The van der Waals surface area contributed by atoms with Gasteiger partial charge in [-0.1, -0.05) is 67.1 Å². The number of benzene rings is 1. The number of thioether (sulfide) groups is 1. The molecule has 4 nitrogen and oxygen atoms in total. The van der Waals surface area contributed by atoms with Gasteiger partial charge < -0.3 is 9.90 Å². The lowest BCUT2D eigenvalue weighted by atomic mass is 10.1. The zero-order valence-corrected chi connectivity index (χ0v) is 14.1. The summed E-state index contributed by atoms with van der Waals surface area (Å²) in [7, 11) is 0. The van der Waals surface area contributed by atoms with E-state index in [1.807, 2.05) is 6.92 Å². The first-order chi connectivity index (χ1) is 10.5. The van der Waals surface area contributed by atoms with Crippen molar-refractivity contribution < 1.29 is 14.7 Å². The molecule has 1 atom stereocenters. The number of hydrogen-bond donors (Lipinski definition) is 0. The summed E-state index contributed by atoms with van der Waals surface area (Å²) in [6.45, 7) is 1.84. The minimum absolute atomic E-state index is 0.228. The second kappa shape index (κ2) is 7.26. The normalized spacial score (nSPS) is 18.1. The molecule has 1 aromatic carbocycles. The molecule has 0 aliphatic carbocycles. The van der Waals surface area contributed by atoms with Gasteiger partial charge >= 0.3 is 0 Å². The van der Waals surface area contributed by atoms with Crippen molar-refractivity contribution in [3.63, 3.8) is 0 Å². The Hall–Kier alpha value is -1.37. The Kier molecular flexibility index (Phi) is 5.61. The van der Waals surface area contributed by atoms with Gasteiger partial charge in [-0.2, -0.15) is 0 Å². The van der Waals surface area contributed by atoms with Gasteiger partial charge in [0.1, 0.15) is 4.32 Å². The summed E-state index contributed by atoms with van der Waals surface area (Å²) in [5, 5.41) is 11.8. The highest BCUT2D eigenvalue weighted by Crippen LogP contribution is 2.35. The first-order valence-corrected chi connectivity index (χ1v) is 8.28. The maximum atomic E-state index is 12.5. The van der Waals surface area contributed by atoms with Gasteiger partial charge in [-0.15, -0.1) is 0 Å². The number of carboxylic acid groups (broad SMARTS) is 1. The van der Waals surface area contributed by atoms with E-state index in [0.717, 1.165) is 16.7 Å². The van der Waals surface area contributed by atoms with Crippen molar-refractivity contribution in [1.82, 2.24) is 4.90 Å². The number of carboxylic acids is 1. The Balaban J connectivity index is 2.32. The summed E-state index contributed by atoms with van der Waals surface area (Å²) in [4.78, 5) is 25.2. The number of nitrogens with zero attached hydrogens (tertiary/aromatic N) is 1. The van der Waals surface area contributed by atoms with Crippen LogP contribution in [0.3, 0.4) is 0 Å². The average Bonchev–Trinajstić information content (AvgIpc) is 2.73. The molecular weight excluding hydrogens is 342 g/mol. The molecule has 2 rings (SSSR count). The molecule has 22 heavy (non-hydrogen) atoms. The van der Waals surface area contributed by atoms with Crippen LogP contribution in [0.4, 0.5) is 0 Å². The fourth-order valence-corrected chi connectivity index (χ4v) is 3.65. The largest absolute Gasteiger partial charge is 0.548 e. The SMILES string of the molecule is CCC[C@@H](C(=O)[O-])N1C(=O)/C(=C/c2ccccc2Cl)SC1=S. The Morgan fingerprint density at radius 1 is 1.50 bits per heavy atom. The van der Waals surface area contributed by atoms with Crippen LogP contribution in [0.2, 0.25) is 5.02 Å². The minimum Gasteiger partial charge on any atom is -0.548 e. The van der Waals surface area contributed by atoms with Crippen molar-refractivity contribution in [1.29, 1.82) is 0 Å². The molecule has 1 saturated heterocycles. The number of aliphatic carboxylic acids is 1. The van der Waals surface area contributed by atoms with E-state index in [9.17, 15) is 14.7 Å². The van der Waals surface area contributed by atoms with Crippen molar-refractivity contribution in [2.24, 2.45) is 0 Å². The molecule has 0 aromatic heterocycles. The molecule has 116 valence electrons. The Morgan fingerprint density at radius 2 is 2.18 bits per heavy atom. The van der Waals surface area contributed by atoms with Crippen LogP contribution < -0.4 is 5.11 Å². The fraction of sp³-hybridized carbons (Fsp3) is 0.267. The van der Waals surface area contributed by atoms with Crippen molar-refractivity contribution >= 4 is 57.9 Å². The van der Waals surface area contributed by atoms with Crippen LogP contribution in [0.15, 0.2) is 29.2 Å². The summed E-state index contributed by atoms with van der Waals surface area (Å²) < 4.78 is 0.228. The van der Waals surface area contributed by atoms with Crippen LogP contribution in [-0.2, 0) is 9.59 Å². The quantitative estimate of drug-likeness (QED) is 0.600. The summed E-state index contributed by atoms with van der Waals surface area (Å²) in [5.41, 5.74) is 0.685. The number of halogens is 1. The average molecular weight is 355 g/mol. The number of carbonyl (C=O) groups is 2. The van der Waals surface area contributed by atoms with Gasteiger partial charge in [-0.3, -0.25) is 9.69 Å². The van der Waals surface area contributed by atoms with Crippen LogP contribution in [-0.4, -0.2) is 27.1 Å². The smallest absolute Gasteiger partial charge is 0.266 e. The van der Waals surface area contributed by atoms with Crippen LogP contribution in [0.25, 0.3) is 6.08 Å². The van der Waals surface area contributed by atoms with E-state index >= 15 is 0 Å². The molecule has 0 radical (unpaired) electrons. The van der Waals surface area contributed by atoms with Gasteiger partial charge in [-0.25, -0.2) is 0 Å². The van der Waals surface area contributed by atoms with Gasteiger partial charge in [0.2, 0.25) is 0 Å². The highest BCUT2D eigenvalue weighted by molar-refractivity contribution is 8.26. The Labute approximate surface area is 143 Å². The highest BCUT2D eigenvalue weighted by atomic mass is 35.5. The molecule has 1 fully saturated rings. The number of amides is 1. The standard InChI is InChI=1S/C15H14ClNO3S2/c1-2-5-11(14(19)20)17-13(18)12(22-15(17)21)8-9-6-3-4-7-10(9)16/h3-4,6-8,11H,2,5H2,1H3,(H,19,20)/p-1/b12-8-/t11-/m0/s1. The zero-order chi connectivity index (χ0) is 16.3. The number of hydrogen-bond acceptors (Lipinski definition) is 5. The van der Waals surface area contributed by atoms with E-state index in [1.165, 1.54) is 0 Å². The first kappa shape index (κ1) is 17.0. The monoisotopic (exact) mass is 354 g/mol. The van der Waals surface area contributed by atoms with Crippen LogP contribution in [0.5, 0.6) is 0 Å². The second-order valence-electron chi connectivity index (χ2n) is 4.70. The summed E-state index contributed by atoms with van der Waals surface area (Å²) in [6, 6.07) is 6.05. The van der Waals surface area contributed by atoms with Crippen molar-refractivity contribution in [3.8, 4) is 0 Å². The third-order valence-corrected chi connectivity index (χ3v) is 4.84. The molecule has 1 aromatic rings. The fourth-order valence-electron chi connectivity index (χ4n) is 2.11.